The van der Waals surface area contributed by atoms with E-state index in [4.69, 9.17) is 4.74 Å². The molecule has 1 heterocycles. The lowest BCUT2D eigenvalue weighted by atomic mass is 9.63. The van der Waals surface area contributed by atoms with Crippen LogP contribution in [-0.2, 0) is 20.8 Å². The van der Waals surface area contributed by atoms with Gasteiger partial charge in [0.1, 0.15) is 11.8 Å². The van der Waals surface area contributed by atoms with Crippen LogP contribution in [-0.4, -0.2) is 28.7 Å². The highest BCUT2D eigenvalue weighted by molar-refractivity contribution is 6.09. The number of hydrogen-bond acceptors (Lipinski definition) is 4. The molecule has 0 radical (unpaired) electrons. The predicted octanol–water partition coefficient (Wildman–Crippen LogP) is 3.87. The minimum absolute atomic E-state index is 0.124. The second kappa shape index (κ2) is 7.41. The average molecular weight is 442 g/mol. The van der Waals surface area contributed by atoms with E-state index in [2.05, 4.69) is 12.2 Å². The first kappa shape index (κ1) is 20.4. The third kappa shape index (κ3) is 3.09. The van der Waals surface area contributed by atoms with Gasteiger partial charge in [-0.15, -0.1) is 0 Å². The Morgan fingerprint density at radius 1 is 0.939 bits per heavy atom. The first-order valence-electron chi connectivity index (χ1n) is 11.8. The molecule has 33 heavy (non-hydrogen) atoms. The number of allylic oxidation sites excluding steroid dienone is 2. The lowest BCUT2D eigenvalue weighted by Gasteiger charge is -2.37. The van der Waals surface area contributed by atoms with Crippen LogP contribution in [0.15, 0.2) is 60.7 Å². The van der Waals surface area contributed by atoms with Gasteiger partial charge in [0.15, 0.2) is 0 Å². The van der Waals surface area contributed by atoms with E-state index in [1.54, 1.807) is 6.07 Å². The van der Waals surface area contributed by atoms with Gasteiger partial charge in [-0.2, -0.15) is 0 Å². The summed E-state index contributed by atoms with van der Waals surface area (Å²) in [6.07, 6.45) is 5.65. The fourth-order valence-corrected chi connectivity index (χ4v) is 6.42. The summed E-state index contributed by atoms with van der Waals surface area (Å²) in [5, 5.41) is 0. The summed E-state index contributed by atoms with van der Waals surface area (Å²) in [6, 6.07) is 14.1. The number of carbonyl (C=O) groups is 3. The molecule has 7 atom stereocenters. The van der Waals surface area contributed by atoms with E-state index in [1.165, 1.54) is 4.90 Å². The van der Waals surface area contributed by atoms with Crippen LogP contribution in [0.4, 0.5) is 0 Å². The molecule has 2 aromatic carbocycles. The van der Waals surface area contributed by atoms with Gasteiger partial charge < -0.3 is 4.74 Å². The molecule has 2 aromatic rings. The number of amides is 2. The number of imide groups is 1. The predicted molar refractivity (Wildman–Crippen MR) is 122 cm³/mol. The molecule has 1 aliphatic heterocycles. The van der Waals surface area contributed by atoms with Crippen LogP contribution < -0.4 is 4.74 Å². The number of carbonyl (C=O) groups excluding carboxylic acids is 3. The van der Waals surface area contributed by atoms with E-state index >= 15 is 0 Å². The molecule has 1 saturated heterocycles. The Balaban J connectivity index is 1.34. The van der Waals surface area contributed by atoms with E-state index in [9.17, 15) is 14.4 Å². The van der Waals surface area contributed by atoms with Gasteiger partial charge >= 0.3 is 5.97 Å². The van der Waals surface area contributed by atoms with Crippen molar-refractivity contribution in [3.63, 3.8) is 0 Å². The SMILES string of the molecule is Cc1cccc(OC(=O)[C@@H](Cc2ccccc2)N2C(=O)[C@@H]3[C@@H]4C=C[C@H]([C@H]5C[C@H]45)[C@@H]3C2=O)c1C. The summed E-state index contributed by atoms with van der Waals surface area (Å²) in [6.45, 7) is 3.86. The summed E-state index contributed by atoms with van der Waals surface area (Å²) in [7, 11) is 0. The number of likely N-dealkylation sites (tertiary alicyclic amines) is 1. The van der Waals surface area contributed by atoms with E-state index < -0.39 is 12.0 Å². The molecule has 7 rings (SSSR count). The van der Waals surface area contributed by atoms with Gasteiger partial charge in [-0.3, -0.25) is 14.5 Å². The van der Waals surface area contributed by atoms with Crippen LogP contribution in [0.1, 0.15) is 23.1 Å². The van der Waals surface area contributed by atoms with Crippen LogP contribution in [0.5, 0.6) is 5.75 Å². The minimum atomic E-state index is -0.978. The van der Waals surface area contributed by atoms with E-state index in [0.717, 1.165) is 23.1 Å². The Kier molecular flexibility index (Phi) is 4.58. The Bertz CT molecular complexity index is 1150. The zero-order chi connectivity index (χ0) is 22.9. The van der Waals surface area contributed by atoms with Crippen molar-refractivity contribution in [1.29, 1.82) is 0 Å². The van der Waals surface area contributed by atoms with Crippen LogP contribution in [0, 0.1) is 49.4 Å². The normalized spacial score (nSPS) is 31.9. The molecule has 0 N–H and O–H groups in total. The Morgan fingerprint density at radius 3 is 2.21 bits per heavy atom. The molecule has 2 saturated carbocycles. The Morgan fingerprint density at radius 2 is 1.58 bits per heavy atom. The minimum Gasteiger partial charge on any atom is -0.425 e. The molecule has 2 amide bonds. The van der Waals surface area contributed by atoms with Gasteiger partial charge in [-0.05, 0) is 66.7 Å². The van der Waals surface area contributed by atoms with Gasteiger partial charge in [0.25, 0.3) is 0 Å². The third-order valence-electron chi connectivity index (χ3n) is 8.32. The summed E-state index contributed by atoms with van der Waals surface area (Å²) in [4.78, 5) is 42.1. The van der Waals surface area contributed by atoms with Gasteiger partial charge in [0.2, 0.25) is 11.8 Å². The molecule has 4 aliphatic carbocycles. The molecular weight excluding hydrogens is 414 g/mol. The van der Waals surface area contributed by atoms with Crippen LogP contribution in [0.3, 0.4) is 0 Å². The van der Waals surface area contributed by atoms with E-state index in [-0.39, 0.29) is 41.9 Å². The molecule has 2 bridgehead atoms. The zero-order valence-corrected chi connectivity index (χ0v) is 18.8. The molecular formula is C28H27NO4. The highest BCUT2D eigenvalue weighted by Gasteiger charge is 2.68. The van der Waals surface area contributed by atoms with Crippen molar-refractivity contribution in [2.45, 2.75) is 32.7 Å². The number of benzene rings is 2. The Hall–Kier alpha value is -3.21. The molecule has 168 valence electrons. The van der Waals surface area contributed by atoms with Crippen molar-refractivity contribution >= 4 is 17.8 Å². The number of hydrogen-bond donors (Lipinski definition) is 0. The molecule has 3 fully saturated rings. The van der Waals surface area contributed by atoms with Gasteiger partial charge in [0, 0.05) is 6.42 Å². The number of esters is 1. The zero-order valence-electron chi connectivity index (χ0n) is 18.8. The molecule has 5 aliphatic rings. The summed E-state index contributed by atoms with van der Waals surface area (Å²) >= 11 is 0. The van der Waals surface area contributed by atoms with Crippen molar-refractivity contribution in [2.24, 2.45) is 35.5 Å². The largest absolute Gasteiger partial charge is 0.425 e. The van der Waals surface area contributed by atoms with Crippen molar-refractivity contribution < 1.29 is 19.1 Å². The van der Waals surface area contributed by atoms with Gasteiger partial charge in [0.05, 0.1) is 11.8 Å². The van der Waals surface area contributed by atoms with Crippen molar-refractivity contribution in [2.75, 3.05) is 0 Å². The summed E-state index contributed by atoms with van der Waals surface area (Å²) in [5.74, 6) is 0.140. The molecule has 5 nitrogen and oxygen atoms in total. The first-order valence-corrected chi connectivity index (χ1v) is 11.8. The number of nitrogens with zero attached hydrogens (tertiary/aromatic N) is 1. The molecule has 0 unspecified atom stereocenters. The van der Waals surface area contributed by atoms with Gasteiger partial charge in [-0.25, -0.2) is 4.79 Å². The van der Waals surface area contributed by atoms with Crippen LogP contribution in [0.2, 0.25) is 0 Å². The van der Waals surface area contributed by atoms with Crippen molar-refractivity contribution in [1.82, 2.24) is 4.90 Å². The second-order valence-corrected chi connectivity index (χ2v) is 10.0. The maximum absolute atomic E-state index is 13.7. The van der Waals surface area contributed by atoms with Crippen LogP contribution >= 0.6 is 0 Å². The number of ether oxygens (including phenoxy) is 1. The van der Waals surface area contributed by atoms with Crippen molar-refractivity contribution in [3.05, 3.63) is 77.4 Å². The third-order valence-corrected chi connectivity index (χ3v) is 8.32. The Labute approximate surface area is 193 Å². The van der Waals surface area contributed by atoms with E-state index in [1.807, 2.05) is 56.3 Å². The van der Waals surface area contributed by atoms with Crippen molar-refractivity contribution in [3.8, 4) is 5.75 Å². The second-order valence-electron chi connectivity index (χ2n) is 10.0. The standard InChI is InChI=1S/C28H27NO4/c1-15-7-6-10-23(16(15)2)33-28(32)22(13-17-8-4-3-5-9-17)29-26(30)24-18-11-12-19(21-14-20(18)21)25(24)27(29)31/h3-12,18-22,24-25H,13-14H2,1-2H3/t18-,19-,20-,21-,22-,24-,25+/m1/s1. The van der Waals surface area contributed by atoms with Crippen LogP contribution in [0.25, 0.3) is 0 Å². The average Bonchev–Trinajstić information content (AvgIpc) is 3.60. The fraction of sp³-hybridized carbons (Fsp3) is 0.393. The fourth-order valence-electron chi connectivity index (χ4n) is 6.42. The molecule has 0 spiro atoms. The molecule has 0 aromatic heterocycles. The number of aryl methyl sites for hydroxylation is 1. The maximum atomic E-state index is 13.7. The molecule has 5 heteroatoms. The highest BCUT2D eigenvalue weighted by atomic mass is 16.5. The van der Waals surface area contributed by atoms with Gasteiger partial charge in [-0.1, -0.05) is 54.6 Å². The topological polar surface area (TPSA) is 63.7 Å². The highest BCUT2D eigenvalue weighted by Crippen LogP contribution is 2.65. The van der Waals surface area contributed by atoms with E-state index in [0.29, 0.717) is 17.6 Å². The quantitative estimate of drug-likeness (QED) is 0.306. The lowest BCUT2D eigenvalue weighted by Crippen LogP contribution is -2.48. The maximum Gasteiger partial charge on any atom is 0.335 e. The smallest absolute Gasteiger partial charge is 0.335 e. The summed E-state index contributed by atoms with van der Waals surface area (Å²) < 4.78 is 5.82. The lowest BCUT2D eigenvalue weighted by molar-refractivity contribution is -0.153. The summed E-state index contributed by atoms with van der Waals surface area (Å²) in [5.41, 5.74) is 2.78. The monoisotopic (exact) mass is 441 g/mol. The number of rotatable bonds is 5. The first-order chi connectivity index (χ1) is 16.0.